The molecular weight excluding hydrogens is 256 g/mol. The summed E-state index contributed by atoms with van der Waals surface area (Å²) < 4.78 is 0. The van der Waals surface area contributed by atoms with Crippen LogP contribution in [-0.2, 0) is 5.41 Å². The summed E-state index contributed by atoms with van der Waals surface area (Å²) in [5.74, 6) is 0.966. The van der Waals surface area contributed by atoms with Gasteiger partial charge in [0.05, 0.1) is 0 Å². The van der Waals surface area contributed by atoms with E-state index in [0.717, 1.165) is 18.5 Å². The Labute approximate surface area is 128 Å². The van der Waals surface area contributed by atoms with Gasteiger partial charge in [-0.15, -0.1) is 0 Å². The molecule has 1 aliphatic carbocycles. The van der Waals surface area contributed by atoms with E-state index in [-0.39, 0.29) is 0 Å². The zero-order valence-corrected chi connectivity index (χ0v) is 13.3. The predicted octanol–water partition coefficient (Wildman–Crippen LogP) is 4.02. The summed E-state index contributed by atoms with van der Waals surface area (Å²) >= 11 is 0. The number of nitrogens with one attached hydrogen (secondary N) is 1. The lowest BCUT2D eigenvalue weighted by atomic mass is 9.74. The highest BCUT2D eigenvalue weighted by Gasteiger charge is 2.42. The van der Waals surface area contributed by atoms with Gasteiger partial charge >= 0.3 is 0 Å². The maximum atomic E-state index is 3.64. The van der Waals surface area contributed by atoms with Gasteiger partial charge in [-0.05, 0) is 63.2 Å². The van der Waals surface area contributed by atoms with Gasteiger partial charge in [0.25, 0.3) is 0 Å². The Morgan fingerprint density at radius 2 is 1.86 bits per heavy atom. The van der Waals surface area contributed by atoms with Crippen molar-refractivity contribution in [2.75, 3.05) is 25.0 Å². The van der Waals surface area contributed by atoms with E-state index in [1.54, 1.807) is 5.56 Å². The number of nitrogens with zero attached hydrogens (tertiary/aromatic N) is 1. The molecule has 1 unspecified atom stereocenters. The minimum absolute atomic E-state index is 0.419. The Balaban J connectivity index is 1.45. The van der Waals surface area contributed by atoms with Gasteiger partial charge in [-0.1, -0.05) is 31.0 Å². The minimum Gasteiger partial charge on any atom is -0.384 e. The highest BCUT2D eigenvalue weighted by molar-refractivity contribution is 5.60. The van der Waals surface area contributed by atoms with E-state index in [2.05, 4.69) is 41.4 Å². The van der Waals surface area contributed by atoms with Crippen LogP contribution in [0.2, 0.25) is 0 Å². The lowest BCUT2D eigenvalue weighted by molar-refractivity contribution is 0.0973. The molecule has 1 aromatic carbocycles. The lowest BCUT2D eigenvalue weighted by Gasteiger charge is -2.43. The van der Waals surface area contributed by atoms with Crippen molar-refractivity contribution in [1.82, 2.24) is 4.90 Å². The molecule has 2 heterocycles. The van der Waals surface area contributed by atoms with Crippen molar-refractivity contribution in [2.24, 2.45) is 5.92 Å². The fourth-order valence-electron chi connectivity index (χ4n) is 5.00. The molecule has 3 aliphatic rings. The zero-order valence-electron chi connectivity index (χ0n) is 13.3. The van der Waals surface area contributed by atoms with Crippen molar-refractivity contribution in [2.45, 2.75) is 56.9 Å². The third-order valence-corrected chi connectivity index (χ3v) is 6.53. The fourth-order valence-corrected chi connectivity index (χ4v) is 5.00. The first-order chi connectivity index (χ1) is 10.3. The second kappa shape index (κ2) is 5.31. The van der Waals surface area contributed by atoms with Crippen molar-refractivity contribution in [3.63, 3.8) is 0 Å². The van der Waals surface area contributed by atoms with Crippen LogP contribution in [0.5, 0.6) is 0 Å². The van der Waals surface area contributed by atoms with E-state index in [9.17, 15) is 0 Å². The number of rotatable bonds is 2. The molecule has 0 amide bonds. The van der Waals surface area contributed by atoms with Crippen LogP contribution in [0.3, 0.4) is 0 Å². The van der Waals surface area contributed by atoms with Crippen molar-refractivity contribution in [3.8, 4) is 0 Å². The van der Waals surface area contributed by atoms with E-state index in [4.69, 9.17) is 0 Å². The van der Waals surface area contributed by atoms with Gasteiger partial charge < -0.3 is 10.2 Å². The van der Waals surface area contributed by atoms with Crippen molar-refractivity contribution < 1.29 is 0 Å². The molecule has 2 heteroatoms. The molecule has 2 nitrogen and oxygen atoms in total. The molecule has 1 saturated carbocycles. The monoisotopic (exact) mass is 284 g/mol. The Kier molecular flexibility index (Phi) is 3.45. The van der Waals surface area contributed by atoms with Gasteiger partial charge in [-0.25, -0.2) is 0 Å². The first-order valence-electron chi connectivity index (χ1n) is 8.86. The summed E-state index contributed by atoms with van der Waals surface area (Å²) in [7, 11) is 0. The number of fused-ring (bicyclic) bond motifs is 2. The Morgan fingerprint density at radius 3 is 2.62 bits per heavy atom. The van der Waals surface area contributed by atoms with Crippen molar-refractivity contribution in [1.29, 1.82) is 0 Å². The number of piperidine rings is 1. The van der Waals surface area contributed by atoms with E-state index < -0.39 is 0 Å². The van der Waals surface area contributed by atoms with Gasteiger partial charge in [0, 0.05) is 23.7 Å². The third-order valence-electron chi connectivity index (χ3n) is 6.53. The summed E-state index contributed by atoms with van der Waals surface area (Å²) in [6.07, 6.45) is 8.51. The molecule has 1 saturated heterocycles. The van der Waals surface area contributed by atoms with E-state index >= 15 is 0 Å². The molecule has 1 spiro atoms. The maximum absolute atomic E-state index is 3.64. The highest BCUT2D eigenvalue weighted by atomic mass is 15.2. The second-order valence-electron chi connectivity index (χ2n) is 7.50. The summed E-state index contributed by atoms with van der Waals surface area (Å²) in [5, 5.41) is 3.64. The van der Waals surface area contributed by atoms with Crippen molar-refractivity contribution >= 4 is 5.69 Å². The van der Waals surface area contributed by atoms with Crippen LogP contribution in [0.1, 0.15) is 51.0 Å². The lowest BCUT2D eigenvalue weighted by Crippen LogP contribution is -2.48. The smallest absolute Gasteiger partial charge is 0.0379 e. The Morgan fingerprint density at radius 1 is 1.14 bits per heavy atom. The quantitative estimate of drug-likeness (QED) is 0.882. The van der Waals surface area contributed by atoms with Crippen LogP contribution in [0.25, 0.3) is 0 Å². The molecule has 2 fully saturated rings. The number of anilines is 1. The summed E-state index contributed by atoms with van der Waals surface area (Å²) in [6.45, 7) is 6.20. The molecule has 0 bridgehead atoms. The van der Waals surface area contributed by atoms with Gasteiger partial charge in [-0.2, -0.15) is 0 Å². The molecule has 0 radical (unpaired) electrons. The molecule has 0 aromatic heterocycles. The average Bonchev–Trinajstić information content (AvgIpc) is 3.17. The second-order valence-corrected chi connectivity index (χ2v) is 7.50. The maximum Gasteiger partial charge on any atom is 0.0379 e. The third kappa shape index (κ3) is 2.28. The molecule has 114 valence electrons. The van der Waals surface area contributed by atoms with Gasteiger partial charge in [0.15, 0.2) is 0 Å². The predicted molar refractivity (Wildman–Crippen MR) is 88.8 cm³/mol. The number of hydrogen-bond donors (Lipinski definition) is 1. The molecule has 21 heavy (non-hydrogen) atoms. The standard InChI is InChI=1S/C19H28N2/c1-15(16-6-2-3-7-16)21-12-10-19(11-13-21)14-20-18-9-5-4-8-17(18)19/h4-5,8-9,15-16,20H,2-3,6-7,10-14H2,1H3. The zero-order chi connectivity index (χ0) is 14.3. The normalized spacial score (nSPS) is 26.7. The molecule has 2 aliphatic heterocycles. The fraction of sp³-hybridized carbons (Fsp3) is 0.684. The number of hydrogen-bond acceptors (Lipinski definition) is 2. The molecule has 1 aromatic rings. The molecule has 1 atom stereocenters. The van der Waals surface area contributed by atoms with Gasteiger partial charge in [-0.3, -0.25) is 0 Å². The van der Waals surface area contributed by atoms with Crippen LogP contribution in [0, 0.1) is 5.92 Å². The molecule has 4 rings (SSSR count). The van der Waals surface area contributed by atoms with Crippen molar-refractivity contribution in [3.05, 3.63) is 29.8 Å². The minimum atomic E-state index is 0.419. The average molecular weight is 284 g/mol. The molecule has 1 N–H and O–H groups in total. The van der Waals surface area contributed by atoms with Crippen LogP contribution in [-0.4, -0.2) is 30.6 Å². The summed E-state index contributed by atoms with van der Waals surface area (Å²) in [5.41, 5.74) is 3.38. The van der Waals surface area contributed by atoms with Crippen LogP contribution >= 0.6 is 0 Å². The highest BCUT2D eigenvalue weighted by Crippen LogP contribution is 2.44. The van der Waals surface area contributed by atoms with Crippen LogP contribution in [0.15, 0.2) is 24.3 Å². The number of para-hydroxylation sites is 1. The van der Waals surface area contributed by atoms with Gasteiger partial charge in [0.2, 0.25) is 0 Å². The first kappa shape index (κ1) is 13.6. The molecular formula is C19H28N2. The van der Waals surface area contributed by atoms with Gasteiger partial charge in [0.1, 0.15) is 0 Å². The van der Waals surface area contributed by atoms with E-state index in [1.165, 1.54) is 57.3 Å². The van der Waals surface area contributed by atoms with E-state index in [1.807, 2.05) is 0 Å². The largest absolute Gasteiger partial charge is 0.384 e. The van der Waals surface area contributed by atoms with E-state index in [0.29, 0.717) is 5.41 Å². The summed E-state index contributed by atoms with van der Waals surface area (Å²) in [6, 6.07) is 9.76. The number of benzene rings is 1. The first-order valence-corrected chi connectivity index (χ1v) is 8.86. The van der Waals surface area contributed by atoms with Crippen LogP contribution < -0.4 is 5.32 Å². The summed E-state index contributed by atoms with van der Waals surface area (Å²) in [4.78, 5) is 2.78. The SMILES string of the molecule is CC(C1CCCC1)N1CCC2(CC1)CNc1ccccc12. The number of likely N-dealkylation sites (tertiary alicyclic amines) is 1. The topological polar surface area (TPSA) is 15.3 Å². The van der Waals surface area contributed by atoms with Crippen LogP contribution in [0.4, 0.5) is 5.69 Å². The Hall–Kier alpha value is -1.02. The Bertz CT molecular complexity index is 496.